The number of carbonyl (C=O) groups excluding carboxylic acids is 1. The second-order valence-corrected chi connectivity index (χ2v) is 8.80. The number of hydrogen-bond donors (Lipinski definition) is 0. The van der Waals surface area contributed by atoms with Crippen LogP contribution in [0.25, 0.3) is 5.95 Å². The van der Waals surface area contributed by atoms with Crippen molar-refractivity contribution in [1.82, 2.24) is 29.5 Å². The third-order valence-corrected chi connectivity index (χ3v) is 5.83. The normalized spacial score (nSPS) is 15.1. The van der Waals surface area contributed by atoms with Crippen LogP contribution in [0.5, 0.6) is 0 Å². The number of hydrogen-bond acceptors (Lipinski definition) is 6. The molecule has 3 heterocycles. The molecule has 1 saturated heterocycles. The van der Waals surface area contributed by atoms with Gasteiger partial charge in [-0.1, -0.05) is 0 Å². The van der Waals surface area contributed by atoms with E-state index in [1.165, 1.54) is 0 Å². The highest BCUT2D eigenvalue weighted by Crippen LogP contribution is 2.20. The van der Waals surface area contributed by atoms with E-state index >= 15 is 0 Å². The van der Waals surface area contributed by atoms with Crippen LogP contribution in [0.2, 0.25) is 0 Å². The Balaban J connectivity index is 1.57. The van der Waals surface area contributed by atoms with E-state index in [-0.39, 0.29) is 12.0 Å². The molecular formula is C23H36N6O2. The van der Waals surface area contributed by atoms with Crippen molar-refractivity contribution < 1.29 is 9.53 Å². The fourth-order valence-electron chi connectivity index (χ4n) is 4.09. The molecule has 0 aliphatic carbocycles. The summed E-state index contributed by atoms with van der Waals surface area (Å²) >= 11 is 0. The van der Waals surface area contributed by atoms with Crippen molar-refractivity contribution in [3.8, 4) is 5.95 Å². The van der Waals surface area contributed by atoms with E-state index in [2.05, 4.69) is 34.1 Å². The van der Waals surface area contributed by atoms with E-state index in [0.717, 1.165) is 73.8 Å². The molecule has 1 amide bonds. The van der Waals surface area contributed by atoms with Crippen molar-refractivity contribution in [2.24, 2.45) is 0 Å². The summed E-state index contributed by atoms with van der Waals surface area (Å²) in [6, 6.07) is 1.94. The number of amides is 1. The summed E-state index contributed by atoms with van der Waals surface area (Å²) in [5.41, 5.74) is 4.55. The van der Waals surface area contributed by atoms with Gasteiger partial charge in [-0.05, 0) is 73.7 Å². The number of carbonyl (C=O) groups is 1. The molecule has 0 N–H and O–H groups in total. The second-order valence-electron chi connectivity index (χ2n) is 8.80. The zero-order chi connectivity index (χ0) is 22.5. The number of piperidine rings is 1. The van der Waals surface area contributed by atoms with Crippen molar-refractivity contribution in [2.45, 2.75) is 59.5 Å². The monoisotopic (exact) mass is 428 g/mol. The molecule has 1 aliphatic rings. The summed E-state index contributed by atoms with van der Waals surface area (Å²) in [5, 5.41) is 4.62. The number of ether oxygens (including phenoxy) is 1. The maximum absolute atomic E-state index is 13.0. The van der Waals surface area contributed by atoms with E-state index in [1.807, 2.05) is 38.7 Å². The van der Waals surface area contributed by atoms with Gasteiger partial charge in [0.15, 0.2) is 0 Å². The maximum atomic E-state index is 13.0. The van der Waals surface area contributed by atoms with Crippen LogP contribution in [0, 0.1) is 27.7 Å². The number of aryl methyl sites for hydroxylation is 3. The molecule has 0 unspecified atom stereocenters. The van der Waals surface area contributed by atoms with Crippen molar-refractivity contribution in [1.29, 1.82) is 0 Å². The molecule has 2 aromatic heterocycles. The third-order valence-electron chi connectivity index (χ3n) is 5.83. The van der Waals surface area contributed by atoms with E-state index < -0.39 is 0 Å². The van der Waals surface area contributed by atoms with Crippen LogP contribution >= 0.6 is 0 Å². The lowest BCUT2D eigenvalue weighted by molar-refractivity contribution is -0.133. The Morgan fingerprint density at radius 3 is 2.39 bits per heavy atom. The standard InChI is InChI=1S/C23H36N6O2/c1-16-14-17(2)25-23(24-16)29-19(4)21(18(3)26-29)15-22(30)28-11-8-20(9-12-28)31-13-7-10-27(5)6/h14,20H,7-13,15H2,1-6H3. The first-order valence-corrected chi connectivity index (χ1v) is 11.2. The van der Waals surface area contributed by atoms with Gasteiger partial charge in [-0.3, -0.25) is 4.79 Å². The number of likely N-dealkylation sites (tertiary alicyclic amines) is 1. The SMILES string of the molecule is Cc1cc(C)nc(-n2nc(C)c(CC(=O)N3CCC(OCCCN(C)C)CC3)c2C)n1. The minimum Gasteiger partial charge on any atom is -0.378 e. The zero-order valence-electron chi connectivity index (χ0n) is 19.8. The summed E-state index contributed by atoms with van der Waals surface area (Å²) in [4.78, 5) is 26.1. The Hall–Kier alpha value is -2.32. The first-order chi connectivity index (χ1) is 14.7. The highest BCUT2D eigenvalue weighted by molar-refractivity contribution is 5.79. The molecule has 1 fully saturated rings. The summed E-state index contributed by atoms with van der Waals surface area (Å²) in [6.45, 7) is 11.2. The average molecular weight is 429 g/mol. The van der Waals surface area contributed by atoms with Crippen LogP contribution in [0.3, 0.4) is 0 Å². The first kappa shape index (κ1) is 23.3. The molecule has 8 heteroatoms. The lowest BCUT2D eigenvalue weighted by Crippen LogP contribution is -2.41. The van der Waals surface area contributed by atoms with E-state index in [4.69, 9.17) is 4.74 Å². The highest BCUT2D eigenvalue weighted by atomic mass is 16.5. The van der Waals surface area contributed by atoms with Crippen molar-refractivity contribution >= 4 is 5.91 Å². The Labute approximate surface area is 185 Å². The fourth-order valence-corrected chi connectivity index (χ4v) is 4.09. The molecule has 0 spiro atoms. The lowest BCUT2D eigenvalue weighted by Gasteiger charge is -2.32. The molecule has 0 saturated carbocycles. The number of aromatic nitrogens is 4. The Kier molecular flexibility index (Phi) is 7.78. The lowest BCUT2D eigenvalue weighted by atomic mass is 10.1. The van der Waals surface area contributed by atoms with Crippen molar-refractivity contribution in [2.75, 3.05) is 40.3 Å². The topological polar surface area (TPSA) is 76.4 Å². The van der Waals surface area contributed by atoms with Gasteiger partial charge in [0.2, 0.25) is 5.91 Å². The Morgan fingerprint density at radius 1 is 1.13 bits per heavy atom. The predicted octanol–water partition coefficient (Wildman–Crippen LogP) is 2.40. The van der Waals surface area contributed by atoms with Gasteiger partial charge in [-0.15, -0.1) is 0 Å². The third kappa shape index (κ3) is 6.11. The molecule has 1 aliphatic heterocycles. The van der Waals surface area contributed by atoms with Crippen molar-refractivity contribution in [3.05, 3.63) is 34.4 Å². The van der Waals surface area contributed by atoms with E-state index in [0.29, 0.717) is 12.4 Å². The summed E-state index contributed by atoms with van der Waals surface area (Å²) in [6.07, 6.45) is 3.47. The van der Waals surface area contributed by atoms with Crippen molar-refractivity contribution in [3.63, 3.8) is 0 Å². The molecule has 31 heavy (non-hydrogen) atoms. The second kappa shape index (κ2) is 10.3. The zero-order valence-corrected chi connectivity index (χ0v) is 19.8. The quantitative estimate of drug-likeness (QED) is 0.601. The van der Waals surface area contributed by atoms with Gasteiger partial charge in [0.05, 0.1) is 18.2 Å². The minimum absolute atomic E-state index is 0.151. The van der Waals surface area contributed by atoms with Crippen LogP contribution in [-0.2, 0) is 16.0 Å². The average Bonchev–Trinajstić information content (AvgIpc) is 2.99. The van der Waals surface area contributed by atoms with Crippen LogP contribution in [-0.4, -0.2) is 81.9 Å². The molecule has 170 valence electrons. The molecule has 2 aromatic rings. The van der Waals surface area contributed by atoms with Gasteiger partial charge in [-0.2, -0.15) is 5.10 Å². The summed E-state index contributed by atoms with van der Waals surface area (Å²) in [7, 11) is 4.15. The Bertz CT molecular complexity index is 879. The minimum atomic E-state index is 0.151. The van der Waals surface area contributed by atoms with Crippen LogP contribution in [0.4, 0.5) is 0 Å². The van der Waals surface area contributed by atoms with Gasteiger partial charge in [0.25, 0.3) is 5.95 Å². The van der Waals surface area contributed by atoms with Crippen LogP contribution in [0.1, 0.15) is 47.6 Å². The Morgan fingerprint density at radius 2 is 1.77 bits per heavy atom. The molecule has 0 bridgehead atoms. The summed E-state index contributed by atoms with van der Waals surface area (Å²) < 4.78 is 7.75. The largest absolute Gasteiger partial charge is 0.378 e. The van der Waals surface area contributed by atoms with Gasteiger partial charge >= 0.3 is 0 Å². The van der Waals surface area contributed by atoms with E-state index in [9.17, 15) is 4.79 Å². The van der Waals surface area contributed by atoms with Crippen LogP contribution < -0.4 is 0 Å². The van der Waals surface area contributed by atoms with Gasteiger partial charge < -0.3 is 14.5 Å². The number of nitrogens with zero attached hydrogens (tertiary/aromatic N) is 6. The molecule has 0 aromatic carbocycles. The summed E-state index contributed by atoms with van der Waals surface area (Å²) in [5.74, 6) is 0.710. The number of rotatable bonds is 8. The predicted molar refractivity (Wildman–Crippen MR) is 121 cm³/mol. The van der Waals surface area contributed by atoms with E-state index in [1.54, 1.807) is 4.68 Å². The fraction of sp³-hybridized carbons (Fsp3) is 0.652. The van der Waals surface area contributed by atoms with Gasteiger partial charge in [0, 0.05) is 42.3 Å². The molecule has 8 nitrogen and oxygen atoms in total. The smallest absolute Gasteiger partial charge is 0.251 e. The van der Waals surface area contributed by atoms with Gasteiger partial charge in [0.1, 0.15) is 0 Å². The molecule has 0 atom stereocenters. The van der Waals surface area contributed by atoms with Gasteiger partial charge in [-0.25, -0.2) is 14.6 Å². The maximum Gasteiger partial charge on any atom is 0.251 e. The molecular weight excluding hydrogens is 392 g/mol. The van der Waals surface area contributed by atoms with Crippen LogP contribution in [0.15, 0.2) is 6.07 Å². The first-order valence-electron chi connectivity index (χ1n) is 11.2. The molecule has 3 rings (SSSR count). The molecule has 0 radical (unpaired) electrons. The highest BCUT2D eigenvalue weighted by Gasteiger charge is 2.25.